The van der Waals surface area contributed by atoms with Crippen molar-refractivity contribution in [1.82, 2.24) is 9.80 Å². The maximum atomic E-state index is 12.4. The van der Waals surface area contributed by atoms with E-state index in [0.29, 0.717) is 17.3 Å². The van der Waals surface area contributed by atoms with E-state index >= 15 is 0 Å². The molecular weight excluding hydrogens is 374 g/mol. The number of benzene rings is 2. The third-order valence-electron chi connectivity index (χ3n) is 5.06. The van der Waals surface area contributed by atoms with Gasteiger partial charge in [-0.15, -0.1) is 0 Å². The van der Waals surface area contributed by atoms with Gasteiger partial charge in [0, 0.05) is 38.3 Å². The lowest BCUT2D eigenvalue weighted by Gasteiger charge is -2.34. The highest BCUT2D eigenvalue weighted by molar-refractivity contribution is 6.33. The highest BCUT2D eigenvalue weighted by Crippen LogP contribution is 2.23. The molecule has 5 nitrogen and oxygen atoms in total. The fourth-order valence-corrected chi connectivity index (χ4v) is 3.77. The predicted molar refractivity (Wildman–Crippen MR) is 114 cm³/mol. The van der Waals surface area contributed by atoms with Gasteiger partial charge in [-0.3, -0.25) is 14.6 Å². The van der Waals surface area contributed by atoms with Gasteiger partial charge in [0.05, 0.1) is 24.4 Å². The second-order valence-corrected chi connectivity index (χ2v) is 7.81. The van der Waals surface area contributed by atoms with Gasteiger partial charge in [-0.2, -0.15) is 0 Å². The van der Waals surface area contributed by atoms with Crippen molar-refractivity contribution in [2.24, 2.45) is 0 Å². The molecule has 0 radical (unpaired) electrons. The summed E-state index contributed by atoms with van der Waals surface area (Å²) in [5.41, 5.74) is 4.19. The Balaban J connectivity index is 1.49. The van der Waals surface area contributed by atoms with Crippen LogP contribution >= 0.6 is 11.6 Å². The molecule has 0 aliphatic carbocycles. The minimum Gasteiger partial charge on any atom is -0.496 e. The van der Waals surface area contributed by atoms with Crippen molar-refractivity contribution in [3.8, 4) is 5.75 Å². The smallest absolute Gasteiger partial charge is 0.238 e. The van der Waals surface area contributed by atoms with E-state index in [4.69, 9.17) is 16.3 Å². The molecular formula is C22H28ClN3O2. The van der Waals surface area contributed by atoms with E-state index in [1.54, 1.807) is 7.11 Å². The number of rotatable bonds is 6. The summed E-state index contributed by atoms with van der Waals surface area (Å²) in [6, 6.07) is 11.9. The molecule has 0 spiro atoms. The minimum atomic E-state index is -0.0282. The number of aryl methyl sites for hydroxylation is 2. The summed E-state index contributed by atoms with van der Waals surface area (Å²) in [7, 11) is 1.71. The summed E-state index contributed by atoms with van der Waals surface area (Å²) in [5.74, 6) is 0.905. The molecule has 0 saturated carbocycles. The summed E-state index contributed by atoms with van der Waals surface area (Å²) in [6.07, 6.45) is 0. The number of amides is 1. The lowest BCUT2D eigenvalue weighted by molar-refractivity contribution is -0.117. The molecule has 150 valence electrons. The Morgan fingerprint density at radius 3 is 2.36 bits per heavy atom. The molecule has 1 heterocycles. The minimum absolute atomic E-state index is 0.0282. The molecule has 2 aromatic rings. The van der Waals surface area contributed by atoms with Gasteiger partial charge >= 0.3 is 0 Å². The first kappa shape index (κ1) is 20.6. The molecule has 0 unspecified atom stereocenters. The summed E-state index contributed by atoms with van der Waals surface area (Å²) < 4.78 is 5.49. The van der Waals surface area contributed by atoms with Gasteiger partial charge in [-0.25, -0.2) is 0 Å². The van der Waals surface area contributed by atoms with Crippen molar-refractivity contribution in [3.05, 3.63) is 58.1 Å². The number of piperazine rings is 1. The number of ether oxygens (including phenoxy) is 1. The van der Waals surface area contributed by atoms with Crippen LogP contribution in [0.15, 0.2) is 36.4 Å². The van der Waals surface area contributed by atoms with E-state index in [9.17, 15) is 4.79 Å². The highest BCUT2D eigenvalue weighted by atomic mass is 35.5. The van der Waals surface area contributed by atoms with Gasteiger partial charge < -0.3 is 10.1 Å². The quantitative estimate of drug-likeness (QED) is 0.801. The number of nitrogens with one attached hydrogen (secondary N) is 1. The molecule has 1 fully saturated rings. The first-order valence-corrected chi connectivity index (χ1v) is 9.96. The molecule has 3 rings (SSSR count). The van der Waals surface area contributed by atoms with Crippen LogP contribution in [0.4, 0.5) is 5.69 Å². The summed E-state index contributed by atoms with van der Waals surface area (Å²) in [4.78, 5) is 17.0. The second-order valence-electron chi connectivity index (χ2n) is 7.40. The SMILES string of the molecule is COc1ccc(C)cc1CN1CCN(CC(=O)Nc2ccc(C)cc2Cl)CC1. The molecule has 28 heavy (non-hydrogen) atoms. The van der Waals surface area contributed by atoms with Crippen LogP contribution in [-0.4, -0.2) is 55.5 Å². The topological polar surface area (TPSA) is 44.8 Å². The standard InChI is InChI=1S/C22H28ClN3O2/c1-16-5-7-21(28-3)18(12-16)14-25-8-10-26(11-9-25)15-22(27)24-20-6-4-17(2)13-19(20)23/h4-7,12-13H,8-11,14-15H2,1-3H3,(H,24,27). The van der Waals surface area contributed by atoms with Crippen LogP contribution in [0.1, 0.15) is 16.7 Å². The molecule has 1 amide bonds. The lowest BCUT2D eigenvalue weighted by atomic mass is 10.1. The van der Waals surface area contributed by atoms with Crippen molar-refractivity contribution >= 4 is 23.2 Å². The summed E-state index contributed by atoms with van der Waals surface area (Å²) >= 11 is 6.20. The van der Waals surface area contributed by atoms with Gasteiger partial charge in [0.1, 0.15) is 5.75 Å². The fourth-order valence-electron chi connectivity index (χ4n) is 3.49. The normalized spacial score (nSPS) is 15.4. The van der Waals surface area contributed by atoms with Crippen LogP contribution < -0.4 is 10.1 Å². The number of hydrogen-bond donors (Lipinski definition) is 1. The number of carbonyl (C=O) groups excluding carboxylic acids is 1. The molecule has 1 aliphatic heterocycles. The van der Waals surface area contributed by atoms with E-state index in [2.05, 4.69) is 34.2 Å². The molecule has 2 aromatic carbocycles. The zero-order chi connectivity index (χ0) is 20.1. The van der Waals surface area contributed by atoms with Gasteiger partial charge in [-0.05, 0) is 37.6 Å². The van der Waals surface area contributed by atoms with E-state index in [-0.39, 0.29) is 5.91 Å². The second kappa shape index (κ2) is 9.41. The number of nitrogens with zero attached hydrogens (tertiary/aromatic N) is 2. The largest absolute Gasteiger partial charge is 0.496 e. The summed E-state index contributed by atoms with van der Waals surface area (Å²) in [6.45, 7) is 8.90. The van der Waals surface area contributed by atoms with Crippen molar-refractivity contribution in [2.45, 2.75) is 20.4 Å². The first-order chi connectivity index (χ1) is 13.4. The molecule has 1 saturated heterocycles. The van der Waals surface area contributed by atoms with Crippen LogP contribution in [0, 0.1) is 13.8 Å². The average Bonchev–Trinajstić information content (AvgIpc) is 2.66. The molecule has 1 N–H and O–H groups in total. The number of methoxy groups -OCH3 is 1. The highest BCUT2D eigenvalue weighted by Gasteiger charge is 2.20. The van der Waals surface area contributed by atoms with Crippen LogP contribution in [0.5, 0.6) is 5.75 Å². The Morgan fingerprint density at radius 1 is 1.04 bits per heavy atom. The molecule has 1 aliphatic rings. The number of carbonyl (C=O) groups is 1. The Hall–Kier alpha value is -2.08. The van der Waals surface area contributed by atoms with Crippen molar-refractivity contribution in [3.63, 3.8) is 0 Å². The van der Waals surface area contributed by atoms with Crippen LogP contribution in [0.2, 0.25) is 5.02 Å². The van der Waals surface area contributed by atoms with E-state index in [1.807, 2.05) is 31.2 Å². The number of anilines is 1. The first-order valence-electron chi connectivity index (χ1n) is 9.59. The molecule has 0 bridgehead atoms. The maximum absolute atomic E-state index is 12.4. The van der Waals surface area contributed by atoms with E-state index < -0.39 is 0 Å². The average molecular weight is 402 g/mol. The van der Waals surface area contributed by atoms with E-state index in [0.717, 1.165) is 44.0 Å². The third-order valence-corrected chi connectivity index (χ3v) is 5.37. The zero-order valence-electron chi connectivity index (χ0n) is 16.8. The zero-order valence-corrected chi connectivity index (χ0v) is 17.6. The Labute approximate surface area is 172 Å². The fraction of sp³-hybridized carbons (Fsp3) is 0.409. The van der Waals surface area contributed by atoms with Gasteiger partial charge in [-0.1, -0.05) is 35.4 Å². The summed E-state index contributed by atoms with van der Waals surface area (Å²) in [5, 5.41) is 3.49. The van der Waals surface area contributed by atoms with E-state index in [1.165, 1.54) is 11.1 Å². The van der Waals surface area contributed by atoms with Crippen molar-refractivity contribution < 1.29 is 9.53 Å². The Morgan fingerprint density at radius 2 is 1.68 bits per heavy atom. The maximum Gasteiger partial charge on any atom is 0.238 e. The van der Waals surface area contributed by atoms with Crippen LogP contribution in [0.3, 0.4) is 0 Å². The van der Waals surface area contributed by atoms with Crippen molar-refractivity contribution in [2.75, 3.05) is 45.2 Å². The van der Waals surface area contributed by atoms with Gasteiger partial charge in [0.15, 0.2) is 0 Å². The molecule has 6 heteroatoms. The van der Waals surface area contributed by atoms with Crippen molar-refractivity contribution in [1.29, 1.82) is 0 Å². The molecule has 0 atom stereocenters. The number of halogens is 1. The molecule has 0 aromatic heterocycles. The van der Waals surface area contributed by atoms with Crippen LogP contribution in [-0.2, 0) is 11.3 Å². The lowest BCUT2D eigenvalue weighted by Crippen LogP contribution is -2.48. The number of hydrogen-bond acceptors (Lipinski definition) is 4. The van der Waals surface area contributed by atoms with Gasteiger partial charge in [0.25, 0.3) is 0 Å². The van der Waals surface area contributed by atoms with Crippen LogP contribution in [0.25, 0.3) is 0 Å². The van der Waals surface area contributed by atoms with Gasteiger partial charge in [0.2, 0.25) is 5.91 Å². The third kappa shape index (κ3) is 5.47. The Kier molecular flexibility index (Phi) is 6.94. The Bertz CT molecular complexity index is 833. The monoisotopic (exact) mass is 401 g/mol. The predicted octanol–water partition coefficient (Wildman–Crippen LogP) is 3.72.